The Morgan fingerprint density at radius 3 is 2.79 bits per heavy atom. The summed E-state index contributed by atoms with van der Waals surface area (Å²) in [5, 5.41) is 8.40. The van der Waals surface area contributed by atoms with Gasteiger partial charge in [-0.25, -0.2) is 9.18 Å². The number of carboxylic acids is 1. The molecule has 0 aromatic rings. The third kappa shape index (κ3) is 3.10. The summed E-state index contributed by atoms with van der Waals surface area (Å²) >= 11 is 0. The lowest BCUT2D eigenvalue weighted by Gasteiger charge is -2.28. The molecule has 1 saturated carbocycles. The van der Waals surface area contributed by atoms with Gasteiger partial charge in [0.2, 0.25) is 0 Å². The van der Waals surface area contributed by atoms with Gasteiger partial charge >= 0.3 is 5.97 Å². The van der Waals surface area contributed by atoms with Crippen molar-refractivity contribution >= 4 is 5.97 Å². The first-order valence-corrected chi connectivity index (χ1v) is 4.71. The average Bonchev–Trinajstić information content (AvgIpc) is 2.15. The van der Waals surface area contributed by atoms with Crippen LogP contribution in [0.3, 0.4) is 0 Å². The summed E-state index contributed by atoms with van der Waals surface area (Å²) in [7, 11) is 1.50. The molecule has 1 fully saturated rings. The van der Waals surface area contributed by atoms with E-state index in [0.717, 1.165) is 12.5 Å². The summed E-state index contributed by atoms with van der Waals surface area (Å²) in [4.78, 5) is 10.2. The maximum Gasteiger partial charge on any atom is 0.327 e. The SMILES string of the molecule is COC1CCC(/C=C/C(=O)O)CC1F. The predicted molar refractivity (Wildman–Crippen MR) is 49.8 cm³/mol. The molecule has 0 amide bonds. The van der Waals surface area contributed by atoms with E-state index < -0.39 is 12.1 Å². The number of rotatable bonds is 3. The van der Waals surface area contributed by atoms with E-state index in [1.165, 1.54) is 7.11 Å². The molecule has 14 heavy (non-hydrogen) atoms. The van der Waals surface area contributed by atoms with Crippen molar-refractivity contribution in [2.24, 2.45) is 5.92 Å². The first-order chi connectivity index (χ1) is 6.63. The fourth-order valence-corrected chi connectivity index (χ4v) is 1.78. The summed E-state index contributed by atoms with van der Waals surface area (Å²) < 4.78 is 18.3. The molecule has 4 heteroatoms. The molecule has 80 valence electrons. The van der Waals surface area contributed by atoms with E-state index in [2.05, 4.69) is 0 Å². The molecule has 0 saturated heterocycles. The van der Waals surface area contributed by atoms with Crippen LogP contribution in [0.25, 0.3) is 0 Å². The van der Waals surface area contributed by atoms with Crippen molar-refractivity contribution < 1.29 is 19.0 Å². The number of halogens is 1. The number of methoxy groups -OCH3 is 1. The molecule has 0 aromatic heterocycles. The highest BCUT2D eigenvalue weighted by molar-refractivity contribution is 5.79. The van der Waals surface area contributed by atoms with Crippen LogP contribution in [-0.2, 0) is 9.53 Å². The van der Waals surface area contributed by atoms with Gasteiger partial charge in [-0.15, -0.1) is 0 Å². The zero-order valence-corrected chi connectivity index (χ0v) is 8.15. The van der Waals surface area contributed by atoms with E-state index in [0.29, 0.717) is 12.8 Å². The zero-order valence-electron chi connectivity index (χ0n) is 8.15. The van der Waals surface area contributed by atoms with Crippen molar-refractivity contribution in [2.75, 3.05) is 7.11 Å². The summed E-state index contributed by atoms with van der Waals surface area (Å²) in [5.41, 5.74) is 0. The normalized spacial score (nSPS) is 33.4. The largest absolute Gasteiger partial charge is 0.478 e. The molecule has 1 rings (SSSR count). The van der Waals surface area contributed by atoms with Crippen molar-refractivity contribution in [3.63, 3.8) is 0 Å². The van der Waals surface area contributed by atoms with Crippen molar-refractivity contribution in [1.82, 2.24) is 0 Å². The topological polar surface area (TPSA) is 46.5 Å². The second-order valence-corrected chi connectivity index (χ2v) is 3.56. The van der Waals surface area contributed by atoms with Gasteiger partial charge in [-0.05, 0) is 25.2 Å². The van der Waals surface area contributed by atoms with Crippen LogP contribution < -0.4 is 0 Å². The van der Waals surface area contributed by atoms with Gasteiger partial charge in [-0.3, -0.25) is 0 Å². The number of aliphatic carboxylic acids is 1. The standard InChI is InChI=1S/C10H15FO3/c1-14-9-4-2-7(6-8(9)11)3-5-10(12)13/h3,5,7-9H,2,4,6H2,1H3,(H,12,13)/b5-3+. The molecule has 1 N–H and O–H groups in total. The Morgan fingerprint density at radius 1 is 1.57 bits per heavy atom. The van der Waals surface area contributed by atoms with Crippen LogP contribution in [0.15, 0.2) is 12.2 Å². The minimum atomic E-state index is -0.978. The molecule has 1 aliphatic carbocycles. The highest BCUT2D eigenvalue weighted by Gasteiger charge is 2.29. The van der Waals surface area contributed by atoms with E-state index in [9.17, 15) is 9.18 Å². The Bertz CT molecular complexity index is 227. The molecular formula is C10H15FO3. The summed E-state index contributed by atoms with van der Waals surface area (Å²) in [5.74, 6) is -0.943. The lowest BCUT2D eigenvalue weighted by molar-refractivity contribution is -0.131. The highest BCUT2D eigenvalue weighted by Crippen LogP contribution is 2.29. The van der Waals surface area contributed by atoms with Crippen molar-refractivity contribution in [3.8, 4) is 0 Å². The number of alkyl halides is 1. The molecule has 3 unspecified atom stereocenters. The lowest BCUT2D eigenvalue weighted by atomic mass is 9.86. The number of carboxylic acid groups (broad SMARTS) is 1. The van der Waals surface area contributed by atoms with Gasteiger partial charge in [0.05, 0.1) is 6.10 Å². The minimum Gasteiger partial charge on any atom is -0.478 e. The van der Waals surface area contributed by atoms with Gasteiger partial charge in [0.1, 0.15) is 6.17 Å². The van der Waals surface area contributed by atoms with Crippen molar-refractivity contribution in [1.29, 1.82) is 0 Å². The summed E-state index contributed by atoms with van der Waals surface area (Å²) in [6.45, 7) is 0. The molecule has 0 bridgehead atoms. The molecule has 3 nitrogen and oxygen atoms in total. The van der Waals surface area contributed by atoms with Crippen LogP contribution >= 0.6 is 0 Å². The Kier molecular flexibility index (Phi) is 4.07. The van der Waals surface area contributed by atoms with Crippen molar-refractivity contribution in [3.05, 3.63) is 12.2 Å². The van der Waals surface area contributed by atoms with Crippen LogP contribution in [0.2, 0.25) is 0 Å². The van der Waals surface area contributed by atoms with E-state index in [1.807, 2.05) is 0 Å². The van der Waals surface area contributed by atoms with Gasteiger partial charge < -0.3 is 9.84 Å². The molecular weight excluding hydrogens is 187 g/mol. The summed E-state index contributed by atoms with van der Waals surface area (Å²) in [6, 6.07) is 0. The summed E-state index contributed by atoms with van der Waals surface area (Å²) in [6.07, 6.45) is 3.18. The lowest BCUT2D eigenvalue weighted by Crippen LogP contribution is -2.31. The quantitative estimate of drug-likeness (QED) is 0.709. The van der Waals surface area contributed by atoms with E-state index in [1.54, 1.807) is 6.08 Å². The smallest absolute Gasteiger partial charge is 0.327 e. The van der Waals surface area contributed by atoms with Crippen molar-refractivity contribution in [2.45, 2.75) is 31.5 Å². The Hall–Kier alpha value is -0.900. The van der Waals surface area contributed by atoms with Crippen LogP contribution in [0.5, 0.6) is 0 Å². The Balaban J connectivity index is 2.42. The van der Waals surface area contributed by atoms with Gasteiger partial charge in [0, 0.05) is 13.2 Å². The fraction of sp³-hybridized carbons (Fsp3) is 0.700. The van der Waals surface area contributed by atoms with Gasteiger partial charge in [-0.2, -0.15) is 0 Å². The van der Waals surface area contributed by atoms with Gasteiger partial charge in [-0.1, -0.05) is 6.08 Å². The number of carbonyl (C=O) groups is 1. The molecule has 0 radical (unpaired) electrons. The molecule has 0 aromatic carbocycles. The number of allylic oxidation sites excluding steroid dienone is 1. The fourth-order valence-electron chi connectivity index (χ4n) is 1.78. The van der Waals surface area contributed by atoms with Crippen LogP contribution in [0.4, 0.5) is 4.39 Å². The maximum atomic E-state index is 13.3. The third-order valence-corrected chi connectivity index (χ3v) is 2.57. The minimum absolute atomic E-state index is 0.0347. The third-order valence-electron chi connectivity index (χ3n) is 2.57. The van der Waals surface area contributed by atoms with Crippen LogP contribution in [-0.4, -0.2) is 30.5 Å². The predicted octanol–water partition coefficient (Wildman–Crippen LogP) is 1.78. The van der Waals surface area contributed by atoms with Crippen LogP contribution in [0, 0.1) is 5.92 Å². The van der Waals surface area contributed by atoms with Crippen LogP contribution in [0.1, 0.15) is 19.3 Å². The average molecular weight is 202 g/mol. The number of ether oxygens (including phenoxy) is 1. The highest BCUT2D eigenvalue weighted by atomic mass is 19.1. The zero-order chi connectivity index (χ0) is 10.6. The second kappa shape index (κ2) is 5.10. The number of hydrogen-bond acceptors (Lipinski definition) is 2. The molecule has 0 heterocycles. The number of hydrogen-bond donors (Lipinski definition) is 1. The Labute approximate surface area is 82.6 Å². The van der Waals surface area contributed by atoms with Gasteiger partial charge in [0.15, 0.2) is 0 Å². The van der Waals surface area contributed by atoms with E-state index >= 15 is 0 Å². The van der Waals surface area contributed by atoms with Gasteiger partial charge in [0.25, 0.3) is 0 Å². The molecule has 0 aliphatic heterocycles. The van der Waals surface area contributed by atoms with E-state index in [4.69, 9.17) is 9.84 Å². The first kappa shape index (κ1) is 11.2. The van der Waals surface area contributed by atoms with E-state index in [-0.39, 0.29) is 12.0 Å². The second-order valence-electron chi connectivity index (χ2n) is 3.56. The monoisotopic (exact) mass is 202 g/mol. The first-order valence-electron chi connectivity index (χ1n) is 4.71. The molecule has 0 spiro atoms. The molecule has 3 atom stereocenters. The Morgan fingerprint density at radius 2 is 2.29 bits per heavy atom. The maximum absolute atomic E-state index is 13.3. The molecule has 1 aliphatic rings.